The van der Waals surface area contributed by atoms with Crippen molar-refractivity contribution in [3.63, 3.8) is 0 Å². The molecule has 2 aliphatic rings. The summed E-state index contributed by atoms with van der Waals surface area (Å²) in [6.07, 6.45) is 0.380. The van der Waals surface area contributed by atoms with Gasteiger partial charge in [-0.25, -0.2) is 9.78 Å². The quantitative estimate of drug-likeness (QED) is 0.722. The molecule has 2 aromatic rings. The summed E-state index contributed by atoms with van der Waals surface area (Å²) in [5.74, 6) is -2.18. The van der Waals surface area contributed by atoms with Gasteiger partial charge in [-0.1, -0.05) is 0 Å². The van der Waals surface area contributed by atoms with Crippen molar-refractivity contribution in [2.45, 2.75) is 44.1 Å². The number of alkyl halides is 3. The van der Waals surface area contributed by atoms with E-state index in [0.29, 0.717) is 12.6 Å². The van der Waals surface area contributed by atoms with E-state index in [-0.39, 0.29) is 11.8 Å². The summed E-state index contributed by atoms with van der Waals surface area (Å²) in [7, 11) is 1.96. The topological polar surface area (TPSA) is 110 Å². The first-order valence-electron chi connectivity index (χ1n) is 10.1. The molecule has 9 nitrogen and oxygen atoms in total. The van der Waals surface area contributed by atoms with E-state index < -0.39 is 12.1 Å². The van der Waals surface area contributed by atoms with Crippen molar-refractivity contribution in [2.24, 2.45) is 7.05 Å². The number of aromatic nitrogens is 2. The van der Waals surface area contributed by atoms with Gasteiger partial charge in [-0.2, -0.15) is 13.2 Å². The van der Waals surface area contributed by atoms with Crippen LogP contribution in [0.5, 0.6) is 0 Å². The first kappa shape index (κ1) is 23.8. The summed E-state index contributed by atoms with van der Waals surface area (Å²) in [6, 6.07) is 4.16. The van der Waals surface area contributed by atoms with Crippen LogP contribution >= 0.6 is 0 Å². The third kappa shape index (κ3) is 5.88. The number of imidazole rings is 1. The molecule has 2 aromatic heterocycles. The Bertz CT molecular complexity index is 907. The van der Waals surface area contributed by atoms with E-state index in [9.17, 15) is 18.0 Å². The molecule has 2 N–H and O–H groups in total. The monoisotopic (exact) mass is 458 g/mol. The molecule has 0 bridgehead atoms. The number of rotatable bonds is 4. The van der Waals surface area contributed by atoms with Gasteiger partial charge in [-0.15, -0.1) is 0 Å². The Morgan fingerprint density at radius 2 is 2.00 bits per heavy atom. The Morgan fingerprint density at radius 1 is 1.31 bits per heavy atom. The van der Waals surface area contributed by atoms with Crippen LogP contribution in [0.2, 0.25) is 0 Å². The van der Waals surface area contributed by atoms with E-state index in [1.54, 1.807) is 6.26 Å². The Balaban J connectivity index is 0.000000360. The van der Waals surface area contributed by atoms with Crippen LogP contribution in [-0.4, -0.2) is 63.4 Å². The lowest BCUT2D eigenvalue weighted by atomic mass is 9.94. The molecule has 2 aliphatic heterocycles. The Labute approximate surface area is 182 Å². The van der Waals surface area contributed by atoms with Gasteiger partial charge in [0, 0.05) is 39.4 Å². The zero-order chi connectivity index (χ0) is 23.3. The second kappa shape index (κ2) is 10.2. The lowest BCUT2D eigenvalue weighted by molar-refractivity contribution is -0.192. The maximum absolute atomic E-state index is 12.9. The number of halogens is 3. The number of hydrogen-bond donors (Lipinski definition) is 2. The molecular weight excluding hydrogens is 433 g/mol. The fourth-order valence-electron chi connectivity index (χ4n) is 3.88. The first-order valence-corrected chi connectivity index (χ1v) is 10.1. The Hall–Kier alpha value is -2.86. The van der Waals surface area contributed by atoms with Gasteiger partial charge in [0.15, 0.2) is 0 Å². The van der Waals surface area contributed by atoms with Crippen LogP contribution in [0.25, 0.3) is 0 Å². The van der Waals surface area contributed by atoms with Crippen molar-refractivity contribution in [1.82, 2.24) is 19.8 Å². The van der Waals surface area contributed by atoms with Crippen LogP contribution in [0, 0.1) is 0 Å². The molecule has 1 unspecified atom stereocenters. The van der Waals surface area contributed by atoms with Gasteiger partial charge in [-0.3, -0.25) is 9.69 Å². The number of amides is 1. The van der Waals surface area contributed by atoms with Crippen molar-refractivity contribution in [3.05, 3.63) is 41.9 Å². The summed E-state index contributed by atoms with van der Waals surface area (Å²) in [5, 5.41) is 10.1. The number of carboxylic acid groups (broad SMARTS) is 1. The summed E-state index contributed by atoms with van der Waals surface area (Å²) in [5.41, 5.74) is 2.04. The molecule has 0 aromatic carbocycles. The number of nitrogens with zero attached hydrogens (tertiary/aromatic N) is 3. The molecule has 1 saturated heterocycles. The van der Waals surface area contributed by atoms with Crippen LogP contribution in [0.1, 0.15) is 35.9 Å². The number of ether oxygens (including phenoxy) is 1. The minimum Gasteiger partial charge on any atom is -0.475 e. The van der Waals surface area contributed by atoms with Gasteiger partial charge >= 0.3 is 12.1 Å². The second-order valence-corrected chi connectivity index (χ2v) is 7.61. The van der Waals surface area contributed by atoms with Gasteiger partial charge in [-0.05, 0) is 25.0 Å². The Morgan fingerprint density at radius 3 is 2.59 bits per heavy atom. The average molecular weight is 458 g/mol. The molecule has 1 atom stereocenters. The van der Waals surface area contributed by atoms with Gasteiger partial charge in [0.2, 0.25) is 5.91 Å². The van der Waals surface area contributed by atoms with Crippen molar-refractivity contribution < 1.29 is 37.0 Å². The highest BCUT2D eigenvalue weighted by Crippen LogP contribution is 2.31. The van der Waals surface area contributed by atoms with E-state index in [0.717, 1.165) is 56.3 Å². The van der Waals surface area contributed by atoms with E-state index in [1.807, 2.05) is 30.1 Å². The predicted molar refractivity (Wildman–Crippen MR) is 104 cm³/mol. The average Bonchev–Trinajstić information content (AvgIpc) is 3.42. The number of carbonyl (C=O) groups excluding carboxylic acids is 1. The number of furan rings is 1. The predicted octanol–water partition coefficient (Wildman–Crippen LogP) is 2.04. The van der Waals surface area contributed by atoms with Crippen LogP contribution in [0.15, 0.2) is 29.1 Å². The molecule has 4 heterocycles. The zero-order valence-corrected chi connectivity index (χ0v) is 17.5. The number of carbonyl (C=O) groups is 2. The van der Waals surface area contributed by atoms with Crippen LogP contribution in [0.3, 0.4) is 0 Å². The molecule has 0 radical (unpaired) electrons. The van der Waals surface area contributed by atoms with Gasteiger partial charge in [0.05, 0.1) is 36.4 Å². The summed E-state index contributed by atoms with van der Waals surface area (Å²) in [6.45, 7) is 3.54. The number of aliphatic carboxylic acids is 1. The number of aryl methyl sites for hydroxylation is 1. The number of nitrogens with one attached hydrogen (secondary N) is 1. The molecule has 4 rings (SSSR count). The second-order valence-electron chi connectivity index (χ2n) is 7.61. The number of hydrogen-bond acceptors (Lipinski definition) is 6. The molecule has 0 saturated carbocycles. The number of carboxylic acids is 1. The summed E-state index contributed by atoms with van der Waals surface area (Å²) in [4.78, 5) is 28.7. The molecule has 1 amide bonds. The van der Waals surface area contributed by atoms with Crippen molar-refractivity contribution in [1.29, 1.82) is 0 Å². The fourth-order valence-corrected chi connectivity index (χ4v) is 3.88. The molecule has 32 heavy (non-hydrogen) atoms. The Kier molecular flexibility index (Phi) is 7.56. The van der Waals surface area contributed by atoms with Gasteiger partial charge in [0.1, 0.15) is 5.76 Å². The number of fused-ring (bicyclic) bond motifs is 1. The highest BCUT2D eigenvalue weighted by Gasteiger charge is 2.38. The molecule has 1 fully saturated rings. The molecule has 0 aliphatic carbocycles. The van der Waals surface area contributed by atoms with Crippen LogP contribution in [-0.2, 0) is 34.5 Å². The van der Waals surface area contributed by atoms with E-state index in [2.05, 4.69) is 15.2 Å². The molecule has 12 heteroatoms. The summed E-state index contributed by atoms with van der Waals surface area (Å²) < 4.78 is 44.5. The largest absolute Gasteiger partial charge is 0.490 e. The standard InChI is InChI=1S/C18H24N4O3.C2HF3O2/c1-21-12-20-16-11-22(13-4-7-24-8-5-13)10-15(17(16)21)18(23)19-9-14-3-2-6-25-14;3-2(4,5)1(6)7/h2-3,6,12-13,15H,4-5,7-11H2,1H3,(H,19,23);(H,6,7). The lowest BCUT2D eigenvalue weighted by Crippen LogP contribution is -2.47. The molecular formula is C20H25F3N4O5. The SMILES string of the molecule is Cn1cnc2c1C(C(=O)NCc1ccco1)CN(C1CCOCC1)C2.O=C(O)C(F)(F)F. The van der Waals surface area contributed by atoms with Crippen molar-refractivity contribution in [3.8, 4) is 0 Å². The maximum Gasteiger partial charge on any atom is 0.490 e. The maximum atomic E-state index is 12.9. The lowest BCUT2D eigenvalue weighted by Gasteiger charge is -2.39. The normalized spacial score (nSPS) is 19.6. The third-order valence-electron chi connectivity index (χ3n) is 5.45. The first-order chi connectivity index (χ1) is 15.2. The van der Waals surface area contributed by atoms with Crippen LogP contribution in [0.4, 0.5) is 13.2 Å². The van der Waals surface area contributed by atoms with E-state index in [1.165, 1.54) is 0 Å². The minimum absolute atomic E-state index is 0.0259. The summed E-state index contributed by atoms with van der Waals surface area (Å²) >= 11 is 0. The van der Waals surface area contributed by atoms with Crippen molar-refractivity contribution in [2.75, 3.05) is 19.8 Å². The molecule has 176 valence electrons. The minimum atomic E-state index is -5.08. The highest BCUT2D eigenvalue weighted by atomic mass is 19.4. The van der Waals surface area contributed by atoms with Crippen LogP contribution < -0.4 is 5.32 Å². The smallest absolute Gasteiger partial charge is 0.475 e. The fraction of sp³-hybridized carbons (Fsp3) is 0.550. The van der Waals surface area contributed by atoms with Gasteiger partial charge in [0.25, 0.3) is 0 Å². The highest BCUT2D eigenvalue weighted by molar-refractivity contribution is 5.84. The van der Waals surface area contributed by atoms with Crippen molar-refractivity contribution >= 4 is 11.9 Å². The van der Waals surface area contributed by atoms with E-state index >= 15 is 0 Å². The molecule has 0 spiro atoms. The van der Waals surface area contributed by atoms with Gasteiger partial charge < -0.3 is 24.1 Å². The third-order valence-corrected chi connectivity index (χ3v) is 5.45. The van der Waals surface area contributed by atoms with E-state index in [4.69, 9.17) is 19.1 Å². The zero-order valence-electron chi connectivity index (χ0n) is 17.5.